The summed E-state index contributed by atoms with van der Waals surface area (Å²) in [5.74, 6) is -1.19. The van der Waals surface area contributed by atoms with Gasteiger partial charge in [0.05, 0.1) is 5.57 Å². The van der Waals surface area contributed by atoms with Crippen molar-refractivity contribution < 1.29 is 29.3 Å². The molecule has 0 aliphatic heterocycles. The minimum Gasteiger partial charge on any atom is -0.511 e. The van der Waals surface area contributed by atoms with Gasteiger partial charge in [0.2, 0.25) is 0 Å². The van der Waals surface area contributed by atoms with E-state index in [0.717, 1.165) is 22.3 Å². The van der Waals surface area contributed by atoms with Gasteiger partial charge >= 0.3 is 12.1 Å². The highest BCUT2D eigenvalue weighted by molar-refractivity contribution is 6.22. The molecule has 0 spiro atoms. The van der Waals surface area contributed by atoms with Gasteiger partial charge in [0.1, 0.15) is 18.4 Å². The number of nitrogens with one attached hydrogen (secondary N) is 1. The van der Waals surface area contributed by atoms with Gasteiger partial charge in [-0.15, -0.1) is 0 Å². The molecule has 8 nitrogen and oxygen atoms in total. The molecule has 0 bridgehead atoms. The number of benzene rings is 2. The van der Waals surface area contributed by atoms with Gasteiger partial charge < -0.3 is 20.3 Å². The number of carbonyl (C=O) groups excluding carboxylic acids is 2. The summed E-state index contributed by atoms with van der Waals surface area (Å²) in [6, 6.07) is 15.0. The Labute approximate surface area is 235 Å². The monoisotopic (exact) mass is 546 g/mol. The summed E-state index contributed by atoms with van der Waals surface area (Å²) in [5.41, 5.74) is 5.05. The van der Waals surface area contributed by atoms with Gasteiger partial charge in [0, 0.05) is 31.0 Å². The first kappa shape index (κ1) is 29.1. The lowest BCUT2D eigenvalue weighted by Gasteiger charge is -2.29. The number of Topliss-reactive ketones (excluding diaryl/α,β-unsaturated/α-hetero) is 1. The summed E-state index contributed by atoms with van der Waals surface area (Å²) in [5, 5.41) is 22.4. The molecule has 0 fully saturated rings. The number of aliphatic carboxylic acids is 1. The fourth-order valence-electron chi connectivity index (χ4n) is 5.70. The van der Waals surface area contributed by atoms with Crippen molar-refractivity contribution in [1.29, 1.82) is 0 Å². The molecule has 40 heavy (non-hydrogen) atoms. The van der Waals surface area contributed by atoms with Crippen LogP contribution in [0.2, 0.25) is 0 Å². The van der Waals surface area contributed by atoms with Crippen LogP contribution in [-0.4, -0.2) is 53.0 Å². The summed E-state index contributed by atoms with van der Waals surface area (Å²) in [7, 11) is 0. The summed E-state index contributed by atoms with van der Waals surface area (Å²) >= 11 is 0. The zero-order chi connectivity index (χ0) is 28.9. The first-order valence-electron chi connectivity index (χ1n) is 13.9. The molecule has 2 aliphatic carbocycles. The van der Waals surface area contributed by atoms with E-state index in [1.165, 1.54) is 0 Å². The molecule has 8 heteroatoms. The highest BCUT2D eigenvalue weighted by Crippen LogP contribution is 2.44. The van der Waals surface area contributed by atoms with Crippen LogP contribution < -0.4 is 5.32 Å². The topological polar surface area (TPSA) is 125 Å². The van der Waals surface area contributed by atoms with Crippen LogP contribution in [-0.2, 0) is 14.3 Å². The number of aliphatic imine (C=N–C) groups is 1. The molecule has 0 radical (unpaired) electrons. The van der Waals surface area contributed by atoms with E-state index in [2.05, 4.69) is 22.4 Å². The Morgan fingerprint density at radius 2 is 1.65 bits per heavy atom. The third-order valence-corrected chi connectivity index (χ3v) is 7.65. The maximum Gasteiger partial charge on any atom is 0.407 e. The van der Waals surface area contributed by atoms with Crippen LogP contribution in [0.25, 0.3) is 11.1 Å². The molecule has 0 heterocycles. The van der Waals surface area contributed by atoms with Gasteiger partial charge in [-0.25, -0.2) is 9.59 Å². The molecular formula is C32H38N2O6. The molecule has 212 valence electrons. The lowest BCUT2D eigenvalue weighted by molar-refractivity contribution is -0.139. The normalized spacial score (nSPS) is 17.3. The van der Waals surface area contributed by atoms with Crippen molar-refractivity contribution in [2.24, 2.45) is 10.4 Å². The number of alkyl carbamates (subject to hydrolysis) is 1. The number of carbonyl (C=O) groups is 3. The number of hydrogen-bond donors (Lipinski definition) is 3. The Balaban J connectivity index is 1.22. The van der Waals surface area contributed by atoms with Crippen LogP contribution in [0.4, 0.5) is 4.79 Å². The maximum atomic E-state index is 12.5. The summed E-state index contributed by atoms with van der Waals surface area (Å²) in [6.07, 6.45) is 2.34. The average Bonchev–Trinajstić information content (AvgIpc) is 3.21. The van der Waals surface area contributed by atoms with Crippen LogP contribution in [0, 0.1) is 5.41 Å². The van der Waals surface area contributed by atoms with E-state index >= 15 is 0 Å². The van der Waals surface area contributed by atoms with Gasteiger partial charge in [-0.1, -0.05) is 75.2 Å². The number of rotatable bonds is 11. The van der Waals surface area contributed by atoms with Gasteiger partial charge in [-0.05, 0) is 47.4 Å². The van der Waals surface area contributed by atoms with E-state index in [1.54, 1.807) is 6.92 Å². The molecule has 1 atom stereocenters. The van der Waals surface area contributed by atoms with Crippen LogP contribution in [0.3, 0.4) is 0 Å². The summed E-state index contributed by atoms with van der Waals surface area (Å²) in [4.78, 5) is 41.2. The molecule has 0 unspecified atom stereocenters. The number of carboxylic acids is 1. The third-order valence-electron chi connectivity index (χ3n) is 7.65. The number of fused-ring (bicyclic) bond motifs is 3. The molecule has 2 aliphatic rings. The second-order valence-electron chi connectivity index (χ2n) is 11.4. The quantitative estimate of drug-likeness (QED) is 0.228. The Kier molecular flexibility index (Phi) is 9.07. The Bertz CT molecular complexity index is 1300. The predicted molar refractivity (Wildman–Crippen MR) is 154 cm³/mol. The number of unbranched alkanes of at least 4 members (excludes halogenated alkanes) is 2. The lowest BCUT2D eigenvalue weighted by Crippen LogP contribution is -2.41. The second-order valence-corrected chi connectivity index (χ2v) is 11.4. The highest BCUT2D eigenvalue weighted by atomic mass is 16.5. The fourth-order valence-corrected chi connectivity index (χ4v) is 5.70. The molecule has 4 rings (SSSR count). The molecule has 0 saturated carbocycles. The van der Waals surface area contributed by atoms with E-state index in [-0.39, 0.29) is 35.9 Å². The minimum absolute atomic E-state index is 0.0846. The largest absolute Gasteiger partial charge is 0.511 e. The van der Waals surface area contributed by atoms with Crippen molar-refractivity contribution in [2.75, 3.05) is 13.2 Å². The van der Waals surface area contributed by atoms with E-state index in [4.69, 9.17) is 4.74 Å². The predicted octanol–water partition coefficient (Wildman–Crippen LogP) is 6.20. The number of ether oxygens (including phenoxy) is 1. The van der Waals surface area contributed by atoms with Crippen LogP contribution in [0.15, 0.2) is 64.9 Å². The number of hydrogen-bond acceptors (Lipinski definition) is 6. The zero-order valence-corrected chi connectivity index (χ0v) is 23.4. The van der Waals surface area contributed by atoms with Crippen molar-refractivity contribution in [3.63, 3.8) is 0 Å². The summed E-state index contributed by atoms with van der Waals surface area (Å²) in [6.45, 7) is 6.24. The standard InChI is InChI=1S/C32H38N2O6/c1-20(29-27(35)17-32(2,3)18-28(29)36)33-16-10-4-5-15-26(30(37)38)34-31(39)40-19-25-23-13-8-6-11-21(23)22-12-7-9-14-24(22)25/h6-9,11-14,25-26,35H,4-5,10,15-19H2,1-3H3,(H,34,39)(H,37,38)/t26-/m0/s1. The Morgan fingerprint density at radius 1 is 1.02 bits per heavy atom. The van der Waals surface area contributed by atoms with Crippen molar-refractivity contribution in [3.05, 3.63) is 71.0 Å². The number of carboxylic acid groups (broad SMARTS) is 1. The number of amides is 1. The van der Waals surface area contributed by atoms with Crippen LogP contribution >= 0.6 is 0 Å². The summed E-state index contributed by atoms with van der Waals surface area (Å²) < 4.78 is 5.50. The molecule has 0 saturated heterocycles. The van der Waals surface area contributed by atoms with E-state index in [1.807, 2.05) is 50.2 Å². The zero-order valence-electron chi connectivity index (χ0n) is 23.4. The Hall–Kier alpha value is -3.94. The van der Waals surface area contributed by atoms with Gasteiger partial charge in [0.15, 0.2) is 5.78 Å². The molecule has 3 N–H and O–H groups in total. The van der Waals surface area contributed by atoms with Gasteiger partial charge in [-0.2, -0.15) is 0 Å². The minimum atomic E-state index is -1.11. The Morgan fingerprint density at radius 3 is 2.25 bits per heavy atom. The highest BCUT2D eigenvalue weighted by Gasteiger charge is 2.34. The molecule has 1 amide bonds. The molecule has 0 aromatic heterocycles. The van der Waals surface area contributed by atoms with Crippen molar-refractivity contribution in [2.45, 2.75) is 71.3 Å². The maximum absolute atomic E-state index is 12.5. The molecule has 2 aromatic rings. The van der Waals surface area contributed by atoms with Crippen molar-refractivity contribution in [1.82, 2.24) is 5.32 Å². The SMILES string of the molecule is CC(=NCCCCC[C@H](NC(=O)OCC1c2ccccc2-c2ccccc21)C(=O)O)C1=C(O)CC(C)(C)CC1=O. The average molecular weight is 547 g/mol. The van der Waals surface area contributed by atoms with Crippen LogP contribution in [0.5, 0.6) is 0 Å². The number of allylic oxidation sites excluding steroid dienone is 2. The third kappa shape index (κ3) is 6.79. The van der Waals surface area contributed by atoms with Gasteiger partial charge in [0.25, 0.3) is 0 Å². The first-order valence-corrected chi connectivity index (χ1v) is 13.9. The number of ketones is 1. The molecular weight excluding hydrogens is 508 g/mol. The van der Waals surface area contributed by atoms with E-state index in [9.17, 15) is 24.6 Å². The number of nitrogens with zero attached hydrogens (tertiary/aromatic N) is 1. The second kappa shape index (κ2) is 12.5. The first-order chi connectivity index (χ1) is 19.1. The van der Waals surface area contributed by atoms with Crippen LogP contribution in [0.1, 0.15) is 76.3 Å². The van der Waals surface area contributed by atoms with Crippen molar-refractivity contribution in [3.8, 4) is 11.1 Å². The fraction of sp³-hybridized carbons (Fsp3) is 0.438. The van der Waals surface area contributed by atoms with E-state index in [0.29, 0.717) is 49.9 Å². The number of aliphatic hydroxyl groups excluding tert-OH is 1. The lowest BCUT2D eigenvalue weighted by atomic mass is 9.76. The number of aliphatic hydroxyl groups is 1. The molecule has 2 aromatic carbocycles. The van der Waals surface area contributed by atoms with E-state index < -0.39 is 18.1 Å². The smallest absolute Gasteiger partial charge is 0.407 e. The van der Waals surface area contributed by atoms with Crippen molar-refractivity contribution >= 4 is 23.6 Å². The van der Waals surface area contributed by atoms with Gasteiger partial charge in [-0.3, -0.25) is 9.79 Å².